The zero-order chi connectivity index (χ0) is 47.9. The second-order valence-electron chi connectivity index (χ2n) is 18.8. The van der Waals surface area contributed by atoms with Crippen molar-refractivity contribution in [3.8, 4) is 0 Å². The molecule has 0 aromatic carbocycles. The SMILES string of the molecule is CO[C@@H]1C[C@@H](OC)C[C@@H](C)C/C(C)=C/[C@@H](CCCSC[C@H](N)C(=O)O)C(=O)C[C@H](O)[C@@H](C)[C@@H](/C(C)=C/[C@@H]2CC[C@@H](O)[C@H](OC)C2)OC(=O)[C@@H]2CCCCN2C(=O)C(=O)C(O)(O)[C@H](C)C1. The minimum Gasteiger partial charge on any atom is -0.480 e. The summed E-state index contributed by atoms with van der Waals surface area (Å²) in [7, 11) is 4.60. The first kappa shape index (κ1) is 55.6. The number of nitrogens with two attached hydrogens (primary N) is 1. The van der Waals surface area contributed by atoms with Gasteiger partial charge in [-0.05, 0) is 114 Å². The number of Topliss-reactive ketones (excluding diaryl/α,β-unsaturated/α-hetero) is 2. The van der Waals surface area contributed by atoms with E-state index in [1.54, 1.807) is 21.0 Å². The summed E-state index contributed by atoms with van der Waals surface area (Å²) >= 11 is 1.40. The van der Waals surface area contributed by atoms with E-state index in [0.29, 0.717) is 75.5 Å². The molecule has 0 bridgehead atoms. The molecule has 0 radical (unpaired) electrons. The molecule has 3 rings (SSSR count). The van der Waals surface area contributed by atoms with E-state index in [1.165, 1.54) is 32.9 Å². The van der Waals surface area contributed by atoms with Crippen LogP contribution in [-0.2, 0) is 42.9 Å². The number of aliphatic hydroxyl groups is 4. The van der Waals surface area contributed by atoms with E-state index in [2.05, 4.69) is 6.92 Å². The minimum absolute atomic E-state index is 0.00261. The van der Waals surface area contributed by atoms with Crippen LogP contribution in [0.25, 0.3) is 0 Å². The summed E-state index contributed by atoms with van der Waals surface area (Å²) in [5.41, 5.74) is 7.25. The highest BCUT2D eigenvalue weighted by molar-refractivity contribution is 7.99. The van der Waals surface area contributed by atoms with Gasteiger partial charge in [0.1, 0.15) is 24.0 Å². The highest BCUT2D eigenvalue weighted by atomic mass is 32.2. The van der Waals surface area contributed by atoms with Gasteiger partial charge >= 0.3 is 11.9 Å². The van der Waals surface area contributed by atoms with Crippen LogP contribution in [0.15, 0.2) is 23.3 Å². The number of methoxy groups -OCH3 is 3. The Bertz CT molecular complexity index is 1610. The summed E-state index contributed by atoms with van der Waals surface area (Å²) in [5, 5.41) is 54.1. The molecule has 1 saturated carbocycles. The van der Waals surface area contributed by atoms with Crippen molar-refractivity contribution in [2.75, 3.05) is 39.4 Å². The first-order valence-electron chi connectivity index (χ1n) is 23.0. The lowest BCUT2D eigenvalue weighted by Gasteiger charge is -2.38. The third kappa shape index (κ3) is 16.2. The molecule has 0 unspecified atom stereocenters. The van der Waals surface area contributed by atoms with Gasteiger partial charge in [0.15, 0.2) is 0 Å². The van der Waals surface area contributed by atoms with E-state index in [0.717, 1.165) is 10.5 Å². The van der Waals surface area contributed by atoms with Crippen LogP contribution in [0.3, 0.4) is 0 Å². The van der Waals surface area contributed by atoms with Crippen LogP contribution >= 0.6 is 11.8 Å². The molecule has 1 saturated heterocycles. The lowest BCUT2D eigenvalue weighted by atomic mass is 9.81. The van der Waals surface area contributed by atoms with Gasteiger partial charge in [-0.1, -0.05) is 38.5 Å². The molecule has 16 nitrogen and oxygen atoms in total. The maximum absolute atomic E-state index is 14.3. The standard InChI is InChI=1S/C47H78N2O14S/c1-27-18-28(2)20-34(60-6)24-35(61-7)22-30(4)47(58,59)43(53)44(54)49-16-10-9-13-37(49)46(57)63-42(29(3)21-32-14-15-38(50)41(23-32)62-8)31(5)39(51)25-40(52)33(19-27)12-11-17-64-26-36(48)45(55)56/h19,21,28,30-39,41-42,50-51,58-59H,9-18,20,22-26,48H2,1-8H3,(H,55,56)/b27-19+,29-21+/t28-,30+,31+,32-,33+,34-,35-,36-,37-,38+,39-,41+,42+/m0/s1. The fourth-order valence-electron chi connectivity index (χ4n) is 9.46. The molecular weight excluding hydrogens is 849 g/mol. The number of thioether (sulfide) groups is 1. The van der Waals surface area contributed by atoms with E-state index in [-0.39, 0.29) is 55.3 Å². The largest absolute Gasteiger partial charge is 0.480 e. The van der Waals surface area contributed by atoms with Gasteiger partial charge < -0.3 is 55.1 Å². The molecule has 7 N–H and O–H groups in total. The Hall–Kier alpha value is -2.74. The normalized spacial score (nSPS) is 35.2. The van der Waals surface area contributed by atoms with E-state index < -0.39 is 89.8 Å². The molecule has 1 aliphatic carbocycles. The first-order chi connectivity index (χ1) is 30.1. The Balaban J connectivity index is 2.07. The molecule has 366 valence electrons. The van der Waals surface area contributed by atoms with Crippen LogP contribution in [0.1, 0.15) is 118 Å². The predicted molar refractivity (Wildman–Crippen MR) is 242 cm³/mol. The van der Waals surface area contributed by atoms with Gasteiger partial charge in [0.25, 0.3) is 11.7 Å². The number of esters is 1. The van der Waals surface area contributed by atoms with Crippen LogP contribution in [0.4, 0.5) is 0 Å². The second-order valence-corrected chi connectivity index (χ2v) is 19.9. The number of hydrogen-bond acceptors (Lipinski definition) is 15. The monoisotopic (exact) mass is 927 g/mol. The van der Waals surface area contributed by atoms with E-state index >= 15 is 0 Å². The van der Waals surface area contributed by atoms with Gasteiger partial charge in [-0.25, -0.2) is 4.79 Å². The number of aliphatic carboxylic acids is 1. The van der Waals surface area contributed by atoms with Gasteiger partial charge in [0.05, 0.1) is 30.5 Å². The number of nitrogens with zero attached hydrogens (tertiary/aromatic N) is 1. The van der Waals surface area contributed by atoms with Crippen LogP contribution in [-0.4, -0.2) is 154 Å². The fraction of sp³-hybridized carbons (Fsp3) is 0.809. The quantitative estimate of drug-likeness (QED) is 0.0533. The molecule has 13 atom stereocenters. The number of rotatable bonds is 12. The average Bonchev–Trinajstić information content (AvgIpc) is 3.25. The zero-order valence-corrected chi connectivity index (χ0v) is 40.1. The third-order valence-corrected chi connectivity index (χ3v) is 14.7. The molecule has 0 aromatic rings. The van der Waals surface area contributed by atoms with Gasteiger partial charge in [-0.15, -0.1) is 0 Å². The van der Waals surface area contributed by atoms with E-state index in [1.807, 2.05) is 19.1 Å². The molecule has 2 aliphatic heterocycles. The van der Waals surface area contributed by atoms with Crippen LogP contribution in [0.5, 0.6) is 0 Å². The summed E-state index contributed by atoms with van der Waals surface area (Å²) < 4.78 is 23.3. The molecule has 3 aliphatic rings. The van der Waals surface area contributed by atoms with E-state index in [4.69, 9.17) is 24.7 Å². The number of carboxylic acids is 1. The van der Waals surface area contributed by atoms with Gasteiger partial charge in [-0.3, -0.25) is 19.2 Å². The number of carbonyl (C=O) groups excluding carboxylic acids is 4. The smallest absolute Gasteiger partial charge is 0.329 e. The van der Waals surface area contributed by atoms with Crippen LogP contribution in [0.2, 0.25) is 0 Å². The highest BCUT2D eigenvalue weighted by Gasteiger charge is 2.48. The Morgan fingerprint density at radius 1 is 0.953 bits per heavy atom. The molecule has 17 heteroatoms. The van der Waals surface area contributed by atoms with Gasteiger partial charge in [0.2, 0.25) is 5.79 Å². The van der Waals surface area contributed by atoms with Crippen molar-refractivity contribution < 1.29 is 68.5 Å². The molecule has 0 aromatic heterocycles. The maximum atomic E-state index is 14.3. The number of allylic oxidation sites excluding steroid dienone is 3. The van der Waals surface area contributed by atoms with Crippen molar-refractivity contribution >= 4 is 41.2 Å². The number of amides is 1. The molecule has 1 amide bonds. The minimum atomic E-state index is -3.08. The Kier molecular flexibility index (Phi) is 23.1. The number of hydrogen-bond donors (Lipinski definition) is 6. The van der Waals surface area contributed by atoms with Crippen molar-refractivity contribution in [3.05, 3.63) is 23.3 Å². The molecular formula is C47H78N2O14S. The Labute approximate surface area is 384 Å². The number of piperidine rings is 1. The number of aliphatic hydroxyl groups excluding tert-OH is 2. The molecule has 2 heterocycles. The predicted octanol–water partition coefficient (Wildman–Crippen LogP) is 3.97. The second kappa shape index (κ2) is 26.6. The maximum Gasteiger partial charge on any atom is 0.329 e. The average molecular weight is 927 g/mol. The van der Waals surface area contributed by atoms with Crippen LogP contribution < -0.4 is 5.73 Å². The Morgan fingerprint density at radius 3 is 2.27 bits per heavy atom. The summed E-state index contributed by atoms with van der Waals surface area (Å²) in [5.74, 6) is -9.62. The fourth-order valence-corrected chi connectivity index (χ4v) is 10.4. The summed E-state index contributed by atoms with van der Waals surface area (Å²) in [6.07, 6.45) is 4.74. The highest BCUT2D eigenvalue weighted by Crippen LogP contribution is 2.34. The number of cyclic esters (lactones) is 1. The molecule has 0 spiro atoms. The summed E-state index contributed by atoms with van der Waals surface area (Å²) in [4.78, 5) is 68.6. The number of carbonyl (C=O) groups is 5. The van der Waals surface area contributed by atoms with Crippen molar-refractivity contribution in [3.63, 3.8) is 0 Å². The summed E-state index contributed by atoms with van der Waals surface area (Å²) in [6, 6.07) is -2.24. The van der Waals surface area contributed by atoms with Crippen molar-refractivity contribution in [1.29, 1.82) is 0 Å². The van der Waals surface area contributed by atoms with E-state index in [9.17, 15) is 49.5 Å². The molecule has 2 fully saturated rings. The first-order valence-corrected chi connectivity index (χ1v) is 24.2. The van der Waals surface area contributed by atoms with Gasteiger partial charge in [-0.2, -0.15) is 11.8 Å². The molecule has 64 heavy (non-hydrogen) atoms. The van der Waals surface area contributed by atoms with Gasteiger partial charge in [0, 0.05) is 57.8 Å². The lowest BCUT2D eigenvalue weighted by Crippen LogP contribution is -2.58. The summed E-state index contributed by atoms with van der Waals surface area (Å²) in [6.45, 7) is 8.93. The Morgan fingerprint density at radius 2 is 1.62 bits per heavy atom. The topological polar surface area (TPSA) is 253 Å². The van der Waals surface area contributed by atoms with Crippen molar-refractivity contribution in [2.45, 2.75) is 173 Å². The number of ether oxygens (including phenoxy) is 4. The van der Waals surface area contributed by atoms with Crippen molar-refractivity contribution in [2.24, 2.45) is 35.3 Å². The number of carboxylic acid groups (broad SMARTS) is 1. The lowest BCUT2D eigenvalue weighted by molar-refractivity contribution is -0.208. The number of fused-ring (bicyclic) bond motifs is 1. The number of ketones is 2. The third-order valence-electron chi connectivity index (χ3n) is 13.5. The zero-order valence-electron chi connectivity index (χ0n) is 39.3. The van der Waals surface area contributed by atoms with Crippen molar-refractivity contribution in [1.82, 2.24) is 4.90 Å². The van der Waals surface area contributed by atoms with Crippen LogP contribution in [0, 0.1) is 29.6 Å².